The molecule has 0 N–H and O–H groups in total. The van der Waals surface area contributed by atoms with Crippen LogP contribution in [0.1, 0.15) is 6.92 Å². The minimum atomic E-state index is 0.0310. The number of nitrogens with zero attached hydrogens (tertiary/aromatic N) is 4. The summed E-state index contributed by atoms with van der Waals surface area (Å²) < 4.78 is 0. The van der Waals surface area contributed by atoms with Crippen molar-refractivity contribution in [1.82, 2.24) is 9.88 Å². The van der Waals surface area contributed by atoms with Crippen molar-refractivity contribution < 1.29 is 0 Å². The van der Waals surface area contributed by atoms with Crippen molar-refractivity contribution in [3.05, 3.63) is 11.6 Å². The Morgan fingerprint density at radius 2 is 2.20 bits per heavy atom. The fourth-order valence-corrected chi connectivity index (χ4v) is 2.45. The Balaban J connectivity index is 1.90. The Kier molecular flexibility index (Phi) is 3.19. The van der Waals surface area contributed by atoms with E-state index >= 15 is 0 Å². The summed E-state index contributed by atoms with van der Waals surface area (Å²) in [5.74, 6) is 0. The van der Waals surface area contributed by atoms with Crippen molar-refractivity contribution in [2.75, 3.05) is 31.1 Å². The Morgan fingerprint density at radius 1 is 1.47 bits per heavy atom. The molecule has 1 aromatic rings. The normalized spacial score (nSPS) is 19.9. The molecule has 0 aliphatic carbocycles. The van der Waals surface area contributed by atoms with Gasteiger partial charge in [-0.15, -0.1) is 11.3 Å². The number of hydrogen-bond acceptors (Lipinski definition) is 5. The quantitative estimate of drug-likeness (QED) is 0.753. The van der Waals surface area contributed by atoms with Gasteiger partial charge in [-0.3, -0.25) is 4.90 Å². The maximum atomic E-state index is 8.82. The number of anilines is 1. The summed E-state index contributed by atoms with van der Waals surface area (Å²) in [5.41, 5.74) is 0. The third-order valence-electron chi connectivity index (χ3n) is 2.74. The van der Waals surface area contributed by atoms with Crippen LogP contribution >= 0.6 is 11.3 Å². The van der Waals surface area contributed by atoms with Crippen molar-refractivity contribution >= 4 is 16.5 Å². The highest BCUT2D eigenvalue weighted by Crippen LogP contribution is 2.19. The monoisotopic (exact) mass is 222 g/mol. The molecule has 1 aliphatic heterocycles. The number of thiazole rings is 1. The van der Waals surface area contributed by atoms with Gasteiger partial charge in [-0.25, -0.2) is 4.98 Å². The smallest absolute Gasteiger partial charge is 0.185 e. The molecule has 0 aromatic carbocycles. The second-order valence-electron chi connectivity index (χ2n) is 3.64. The number of piperazine rings is 1. The average Bonchev–Trinajstić information content (AvgIpc) is 2.82. The molecule has 0 bridgehead atoms. The topological polar surface area (TPSA) is 43.2 Å². The van der Waals surface area contributed by atoms with Gasteiger partial charge in [-0.2, -0.15) is 5.26 Å². The highest BCUT2D eigenvalue weighted by molar-refractivity contribution is 7.13. The van der Waals surface area contributed by atoms with Crippen LogP contribution in [0.2, 0.25) is 0 Å². The second-order valence-corrected chi connectivity index (χ2v) is 4.52. The summed E-state index contributed by atoms with van der Waals surface area (Å²) >= 11 is 1.68. The summed E-state index contributed by atoms with van der Waals surface area (Å²) in [5, 5.41) is 11.9. The van der Waals surface area contributed by atoms with Crippen molar-refractivity contribution in [3.63, 3.8) is 0 Å². The molecule has 1 fully saturated rings. The Hall–Kier alpha value is -1.12. The molecule has 15 heavy (non-hydrogen) atoms. The molecule has 1 unspecified atom stereocenters. The molecule has 1 atom stereocenters. The second kappa shape index (κ2) is 4.60. The molecule has 0 amide bonds. The van der Waals surface area contributed by atoms with E-state index < -0.39 is 0 Å². The summed E-state index contributed by atoms with van der Waals surface area (Å²) in [6.45, 7) is 5.81. The van der Waals surface area contributed by atoms with Gasteiger partial charge in [0.2, 0.25) is 0 Å². The Labute approximate surface area is 93.8 Å². The van der Waals surface area contributed by atoms with Gasteiger partial charge in [0.15, 0.2) is 5.13 Å². The predicted molar refractivity (Wildman–Crippen MR) is 61.0 cm³/mol. The van der Waals surface area contributed by atoms with Gasteiger partial charge in [0.25, 0.3) is 0 Å². The van der Waals surface area contributed by atoms with Crippen LogP contribution in [0.15, 0.2) is 11.6 Å². The first-order chi connectivity index (χ1) is 7.31. The lowest BCUT2D eigenvalue weighted by molar-refractivity contribution is 0.231. The maximum Gasteiger partial charge on any atom is 0.185 e. The van der Waals surface area contributed by atoms with Crippen LogP contribution < -0.4 is 4.90 Å². The lowest BCUT2D eigenvalue weighted by Gasteiger charge is -2.35. The molecule has 4 nitrogen and oxygen atoms in total. The first-order valence-corrected chi connectivity index (χ1v) is 5.97. The van der Waals surface area contributed by atoms with Gasteiger partial charge in [0.05, 0.1) is 12.1 Å². The summed E-state index contributed by atoms with van der Waals surface area (Å²) in [6, 6.07) is 2.31. The zero-order valence-electron chi connectivity index (χ0n) is 8.76. The van der Waals surface area contributed by atoms with E-state index in [0.717, 1.165) is 31.3 Å². The van der Waals surface area contributed by atoms with Crippen molar-refractivity contribution in [2.24, 2.45) is 0 Å². The molecule has 5 heteroatoms. The number of aromatic nitrogens is 1. The van der Waals surface area contributed by atoms with Gasteiger partial charge in [0, 0.05) is 37.8 Å². The van der Waals surface area contributed by atoms with E-state index in [4.69, 9.17) is 5.26 Å². The lowest BCUT2D eigenvalue weighted by atomic mass is 10.2. The van der Waals surface area contributed by atoms with E-state index in [9.17, 15) is 0 Å². The highest BCUT2D eigenvalue weighted by atomic mass is 32.1. The van der Waals surface area contributed by atoms with Gasteiger partial charge in [0.1, 0.15) is 0 Å². The summed E-state index contributed by atoms with van der Waals surface area (Å²) in [7, 11) is 0. The number of rotatable bonds is 2. The molecule has 1 aromatic heterocycles. The molecule has 1 saturated heterocycles. The first-order valence-electron chi connectivity index (χ1n) is 5.09. The standard InChI is InChI=1S/C10H14N4S/c1-9(8-11)13-3-5-14(6-4-13)10-12-2-7-15-10/h2,7,9H,3-6H2,1H3. The zero-order chi connectivity index (χ0) is 10.7. The zero-order valence-corrected chi connectivity index (χ0v) is 9.57. The predicted octanol–water partition coefficient (Wildman–Crippen LogP) is 1.18. The van der Waals surface area contributed by atoms with E-state index in [-0.39, 0.29) is 6.04 Å². The fraction of sp³-hybridized carbons (Fsp3) is 0.600. The molecule has 0 spiro atoms. The molecule has 2 heterocycles. The van der Waals surface area contributed by atoms with E-state index in [1.165, 1.54) is 0 Å². The fourth-order valence-electron chi connectivity index (χ4n) is 1.75. The minimum Gasteiger partial charge on any atom is -0.346 e. The van der Waals surface area contributed by atoms with E-state index in [0.29, 0.717) is 0 Å². The summed E-state index contributed by atoms with van der Waals surface area (Å²) in [6.07, 6.45) is 1.84. The van der Waals surface area contributed by atoms with Gasteiger partial charge < -0.3 is 4.90 Å². The molecular weight excluding hydrogens is 208 g/mol. The molecular formula is C10H14N4S. The Morgan fingerprint density at radius 3 is 2.73 bits per heavy atom. The largest absolute Gasteiger partial charge is 0.346 e. The van der Waals surface area contributed by atoms with Crippen LogP contribution in [0.5, 0.6) is 0 Å². The number of hydrogen-bond donors (Lipinski definition) is 0. The third kappa shape index (κ3) is 2.28. The molecule has 2 rings (SSSR count). The van der Waals surface area contributed by atoms with Crippen LogP contribution in [0, 0.1) is 11.3 Å². The number of nitriles is 1. The van der Waals surface area contributed by atoms with E-state index in [2.05, 4.69) is 20.9 Å². The molecule has 0 saturated carbocycles. The highest BCUT2D eigenvalue weighted by Gasteiger charge is 2.21. The van der Waals surface area contributed by atoms with Crippen LogP contribution in [-0.4, -0.2) is 42.1 Å². The van der Waals surface area contributed by atoms with Crippen LogP contribution in [-0.2, 0) is 0 Å². The van der Waals surface area contributed by atoms with Crippen LogP contribution in [0.4, 0.5) is 5.13 Å². The average molecular weight is 222 g/mol. The molecule has 0 radical (unpaired) electrons. The minimum absolute atomic E-state index is 0.0310. The van der Waals surface area contributed by atoms with Crippen molar-refractivity contribution in [1.29, 1.82) is 5.26 Å². The summed E-state index contributed by atoms with van der Waals surface area (Å²) in [4.78, 5) is 8.79. The lowest BCUT2D eigenvalue weighted by Crippen LogP contribution is -2.49. The van der Waals surface area contributed by atoms with E-state index in [1.807, 2.05) is 18.5 Å². The van der Waals surface area contributed by atoms with E-state index in [1.54, 1.807) is 11.3 Å². The molecule has 1 aliphatic rings. The van der Waals surface area contributed by atoms with Gasteiger partial charge >= 0.3 is 0 Å². The van der Waals surface area contributed by atoms with Gasteiger partial charge in [-0.1, -0.05) is 0 Å². The van der Waals surface area contributed by atoms with Crippen LogP contribution in [0.3, 0.4) is 0 Å². The SMILES string of the molecule is CC(C#N)N1CCN(c2nccs2)CC1. The van der Waals surface area contributed by atoms with Crippen molar-refractivity contribution in [3.8, 4) is 6.07 Å². The van der Waals surface area contributed by atoms with Crippen molar-refractivity contribution in [2.45, 2.75) is 13.0 Å². The van der Waals surface area contributed by atoms with Gasteiger partial charge in [-0.05, 0) is 6.92 Å². The third-order valence-corrected chi connectivity index (χ3v) is 3.57. The van der Waals surface area contributed by atoms with Crippen LogP contribution in [0.25, 0.3) is 0 Å². The maximum absolute atomic E-state index is 8.82. The molecule has 80 valence electrons. The first kappa shape index (κ1) is 10.4. The Bertz CT molecular complexity index is 335.